The maximum Gasteiger partial charge on any atom is 0.356 e. The third-order valence-electron chi connectivity index (χ3n) is 3.58. The van der Waals surface area contributed by atoms with E-state index >= 15 is 0 Å². The molecule has 0 atom stereocenters. The summed E-state index contributed by atoms with van der Waals surface area (Å²) >= 11 is 0. The van der Waals surface area contributed by atoms with Gasteiger partial charge in [-0.15, -0.1) is 0 Å². The zero-order valence-electron chi connectivity index (χ0n) is 12.3. The lowest BCUT2D eigenvalue weighted by molar-refractivity contribution is 0.0594. The highest BCUT2D eigenvalue weighted by atomic mass is 19.1. The summed E-state index contributed by atoms with van der Waals surface area (Å²) in [6.45, 7) is 0.409. The van der Waals surface area contributed by atoms with E-state index in [0.29, 0.717) is 17.7 Å². The molecule has 2 heterocycles. The highest BCUT2D eigenvalue weighted by Gasteiger charge is 2.11. The van der Waals surface area contributed by atoms with Crippen molar-refractivity contribution in [3.8, 4) is 6.07 Å². The van der Waals surface area contributed by atoms with Crippen molar-refractivity contribution in [2.75, 3.05) is 7.11 Å². The number of pyridine rings is 1. The number of carbonyl (C=O) groups excluding carboxylic acids is 1. The van der Waals surface area contributed by atoms with Crippen LogP contribution in [0.15, 0.2) is 42.7 Å². The first-order valence-corrected chi connectivity index (χ1v) is 6.84. The molecule has 0 spiro atoms. The van der Waals surface area contributed by atoms with Crippen molar-refractivity contribution in [3.05, 3.63) is 65.4 Å². The zero-order valence-corrected chi connectivity index (χ0v) is 12.3. The number of hydrogen-bond acceptors (Lipinski definition) is 4. The number of carbonyl (C=O) groups is 1. The fraction of sp³-hybridized carbons (Fsp3) is 0.118. The van der Waals surface area contributed by atoms with Gasteiger partial charge in [0.1, 0.15) is 11.5 Å². The molecule has 0 unspecified atom stereocenters. The van der Waals surface area contributed by atoms with E-state index in [1.165, 1.54) is 19.2 Å². The number of ether oxygens (including phenoxy) is 1. The molecule has 23 heavy (non-hydrogen) atoms. The number of halogens is 1. The van der Waals surface area contributed by atoms with Crippen LogP contribution in [0.5, 0.6) is 0 Å². The second-order valence-electron chi connectivity index (χ2n) is 4.98. The minimum Gasteiger partial charge on any atom is -0.464 e. The topological polar surface area (TPSA) is 67.9 Å². The van der Waals surface area contributed by atoms with Crippen molar-refractivity contribution < 1.29 is 13.9 Å². The van der Waals surface area contributed by atoms with Crippen LogP contribution in [0.25, 0.3) is 10.9 Å². The summed E-state index contributed by atoms with van der Waals surface area (Å²) in [6, 6.07) is 9.63. The lowest BCUT2D eigenvalue weighted by Crippen LogP contribution is -2.05. The molecule has 0 aliphatic rings. The smallest absolute Gasteiger partial charge is 0.356 e. The van der Waals surface area contributed by atoms with Crippen molar-refractivity contribution in [1.82, 2.24) is 9.55 Å². The Morgan fingerprint density at radius 2 is 2.22 bits per heavy atom. The fourth-order valence-corrected chi connectivity index (χ4v) is 2.42. The number of esters is 1. The maximum atomic E-state index is 13.2. The zero-order chi connectivity index (χ0) is 16.4. The molecule has 0 saturated carbocycles. The number of nitrogens with zero attached hydrogens (tertiary/aromatic N) is 3. The van der Waals surface area contributed by atoms with E-state index in [9.17, 15) is 9.18 Å². The Labute approximate surface area is 131 Å². The van der Waals surface area contributed by atoms with Crippen molar-refractivity contribution in [1.29, 1.82) is 5.26 Å². The molecule has 0 aliphatic heterocycles. The number of methoxy groups -OCH3 is 1. The maximum absolute atomic E-state index is 13.2. The molecule has 0 amide bonds. The minimum absolute atomic E-state index is 0.234. The summed E-state index contributed by atoms with van der Waals surface area (Å²) in [6.07, 6.45) is 3.41. The molecule has 3 rings (SSSR count). The highest BCUT2D eigenvalue weighted by molar-refractivity contribution is 5.92. The Balaban J connectivity index is 1.99. The van der Waals surface area contributed by atoms with Crippen LogP contribution in [-0.2, 0) is 11.3 Å². The van der Waals surface area contributed by atoms with Crippen LogP contribution in [-0.4, -0.2) is 22.6 Å². The normalized spacial score (nSPS) is 10.5. The van der Waals surface area contributed by atoms with Gasteiger partial charge in [0.25, 0.3) is 0 Å². The van der Waals surface area contributed by atoms with Gasteiger partial charge >= 0.3 is 5.97 Å². The van der Waals surface area contributed by atoms with Crippen LogP contribution in [0.1, 0.15) is 21.6 Å². The number of hydrogen-bond donors (Lipinski definition) is 0. The van der Waals surface area contributed by atoms with Crippen LogP contribution < -0.4 is 0 Å². The molecule has 0 saturated heterocycles. The predicted molar refractivity (Wildman–Crippen MR) is 81.3 cm³/mol. The van der Waals surface area contributed by atoms with E-state index in [1.807, 2.05) is 22.9 Å². The van der Waals surface area contributed by atoms with Crippen LogP contribution >= 0.6 is 0 Å². The Kier molecular flexibility index (Phi) is 3.77. The third-order valence-corrected chi connectivity index (χ3v) is 3.58. The van der Waals surface area contributed by atoms with Crippen molar-refractivity contribution in [3.63, 3.8) is 0 Å². The van der Waals surface area contributed by atoms with Crippen LogP contribution in [0.3, 0.4) is 0 Å². The Bertz CT molecular complexity index is 941. The van der Waals surface area contributed by atoms with E-state index < -0.39 is 11.8 Å². The van der Waals surface area contributed by atoms with Crippen LogP contribution in [0.2, 0.25) is 0 Å². The number of fused-ring (bicyclic) bond motifs is 1. The van der Waals surface area contributed by atoms with E-state index in [4.69, 9.17) is 5.26 Å². The number of nitriles is 1. The van der Waals surface area contributed by atoms with Gasteiger partial charge in [0.05, 0.1) is 30.5 Å². The summed E-state index contributed by atoms with van der Waals surface area (Å²) in [5.41, 5.74) is 2.05. The number of rotatable bonds is 3. The van der Waals surface area contributed by atoms with Gasteiger partial charge in [0, 0.05) is 18.1 Å². The molecule has 6 heteroatoms. The first-order chi connectivity index (χ1) is 11.1. The van der Waals surface area contributed by atoms with Gasteiger partial charge in [0.2, 0.25) is 0 Å². The van der Waals surface area contributed by atoms with Gasteiger partial charge in [-0.25, -0.2) is 14.2 Å². The number of benzene rings is 1. The summed E-state index contributed by atoms with van der Waals surface area (Å²) in [4.78, 5) is 15.6. The lowest BCUT2D eigenvalue weighted by atomic mass is 10.1. The van der Waals surface area contributed by atoms with Crippen molar-refractivity contribution >= 4 is 16.9 Å². The van der Waals surface area contributed by atoms with Gasteiger partial charge in [0.15, 0.2) is 0 Å². The summed E-state index contributed by atoms with van der Waals surface area (Å²) in [5.74, 6) is -0.933. The second-order valence-corrected chi connectivity index (χ2v) is 4.98. The van der Waals surface area contributed by atoms with E-state index in [2.05, 4.69) is 9.72 Å². The monoisotopic (exact) mass is 309 g/mol. The molecule has 0 N–H and O–H groups in total. The largest absolute Gasteiger partial charge is 0.464 e. The first-order valence-electron chi connectivity index (χ1n) is 6.84. The number of aromatic nitrogens is 2. The molecular weight excluding hydrogens is 297 g/mol. The van der Waals surface area contributed by atoms with Gasteiger partial charge in [-0.2, -0.15) is 5.26 Å². The highest BCUT2D eigenvalue weighted by Crippen LogP contribution is 2.19. The molecule has 3 aromatic rings. The SMILES string of the molecule is COC(=O)c1cc2ccn(Cc3ccc(F)cc3C#N)c2cn1. The van der Waals surface area contributed by atoms with Gasteiger partial charge < -0.3 is 9.30 Å². The molecule has 1 aromatic carbocycles. The standard InChI is InChI=1S/C17H12FN3O2/c1-23-17(22)15-7-11-4-5-21(16(11)9-20-15)10-12-2-3-14(18)6-13(12)8-19/h2-7,9H,10H2,1H3. The molecule has 5 nitrogen and oxygen atoms in total. The van der Waals surface area contributed by atoms with Crippen molar-refractivity contribution in [2.24, 2.45) is 0 Å². The molecule has 0 radical (unpaired) electrons. The molecule has 0 bridgehead atoms. The molecule has 0 fully saturated rings. The third kappa shape index (κ3) is 2.77. The van der Waals surface area contributed by atoms with Gasteiger partial charge in [-0.1, -0.05) is 6.07 Å². The average molecular weight is 309 g/mol. The Morgan fingerprint density at radius 3 is 2.96 bits per heavy atom. The molecule has 0 aliphatic carbocycles. The second kappa shape index (κ2) is 5.89. The fourth-order valence-electron chi connectivity index (χ4n) is 2.42. The minimum atomic E-state index is -0.495. The van der Waals surface area contributed by atoms with E-state index in [-0.39, 0.29) is 5.69 Å². The Hall–Kier alpha value is -3.20. The average Bonchev–Trinajstić information content (AvgIpc) is 2.97. The van der Waals surface area contributed by atoms with Crippen LogP contribution in [0, 0.1) is 17.1 Å². The van der Waals surface area contributed by atoms with Gasteiger partial charge in [-0.05, 0) is 29.8 Å². The van der Waals surface area contributed by atoms with Crippen LogP contribution in [0.4, 0.5) is 4.39 Å². The summed E-state index contributed by atoms with van der Waals surface area (Å²) < 4.78 is 19.7. The summed E-state index contributed by atoms with van der Waals surface area (Å²) in [7, 11) is 1.30. The molecule has 114 valence electrons. The van der Waals surface area contributed by atoms with Gasteiger partial charge in [-0.3, -0.25) is 0 Å². The lowest BCUT2D eigenvalue weighted by Gasteiger charge is -2.08. The van der Waals surface area contributed by atoms with E-state index in [1.54, 1.807) is 18.3 Å². The quantitative estimate of drug-likeness (QED) is 0.698. The molecule has 2 aromatic heterocycles. The predicted octanol–water partition coefficient (Wildman–Crippen LogP) is 2.88. The Morgan fingerprint density at radius 1 is 1.39 bits per heavy atom. The van der Waals surface area contributed by atoms with Crippen molar-refractivity contribution in [2.45, 2.75) is 6.54 Å². The first kappa shape index (κ1) is 14.7. The van der Waals surface area contributed by atoms with E-state index in [0.717, 1.165) is 10.9 Å². The summed E-state index contributed by atoms with van der Waals surface area (Å²) in [5, 5.41) is 9.95. The molecular formula is C17H12FN3O2.